The molecule has 1 atom stereocenters. The number of hydrogen-bond acceptors (Lipinski definition) is 2. The Morgan fingerprint density at radius 1 is 0.926 bits per heavy atom. The molecular formula is C24H23NO2. The summed E-state index contributed by atoms with van der Waals surface area (Å²) >= 11 is 0. The van der Waals surface area contributed by atoms with E-state index in [9.17, 15) is 4.79 Å². The first kappa shape index (κ1) is 17.5. The normalized spacial score (nSPS) is 15.8. The third-order valence-electron chi connectivity index (χ3n) is 4.99. The van der Waals surface area contributed by atoms with Gasteiger partial charge in [0.15, 0.2) is 0 Å². The molecule has 136 valence electrons. The highest BCUT2D eigenvalue weighted by atomic mass is 16.5. The van der Waals surface area contributed by atoms with Gasteiger partial charge in [-0.15, -0.1) is 0 Å². The lowest BCUT2D eigenvalue weighted by atomic mass is 9.95. The van der Waals surface area contributed by atoms with Gasteiger partial charge in [-0.3, -0.25) is 4.79 Å². The lowest BCUT2D eigenvalue weighted by molar-refractivity contribution is -0.119. The summed E-state index contributed by atoms with van der Waals surface area (Å²) in [5.74, 6) is -0.0165. The maximum atomic E-state index is 12.7. The van der Waals surface area contributed by atoms with Gasteiger partial charge in [-0.25, -0.2) is 0 Å². The minimum atomic E-state index is -0.170. The van der Waals surface area contributed by atoms with Gasteiger partial charge in [0.1, 0.15) is 0 Å². The molecular weight excluding hydrogens is 334 g/mol. The molecule has 27 heavy (non-hydrogen) atoms. The second-order valence-electron chi connectivity index (χ2n) is 6.88. The zero-order chi connectivity index (χ0) is 18.5. The number of rotatable bonds is 5. The third-order valence-corrected chi connectivity index (χ3v) is 4.99. The molecule has 3 aromatic rings. The van der Waals surface area contributed by atoms with Gasteiger partial charge in [0.05, 0.1) is 19.1 Å². The number of hydrogen-bond donors (Lipinski definition) is 1. The lowest BCUT2D eigenvalue weighted by Gasteiger charge is -2.25. The van der Waals surface area contributed by atoms with Crippen LogP contribution in [-0.2, 0) is 22.4 Å². The van der Waals surface area contributed by atoms with Crippen molar-refractivity contribution in [2.24, 2.45) is 0 Å². The largest absolute Gasteiger partial charge is 0.373 e. The summed E-state index contributed by atoms with van der Waals surface area (Å²) in [5, 5.41) is 3.09. The fourth-order valence-corrected chi connectivity index (χ4v) is 3.63. The first-order valence-electron chi connectivity index (χ1n) is 9.41. The first-order chi connectivity index (χ1) is 13.3. The molecule has 0 aromatic heterocycles. The van der Waals surface area contributed by atoms with E-state index in [1.807, 2.05) is 48.5 Å². The number of carbonyl (C=O) groups excluding carboxylic acids is 1. The van der Waals surface area contributed by atoms with Crippen LogP contribution in [0.25, 0.3) is 0 Å². The fraction of sp³-hybridized carbons (Fsp3) is 0.208. The van der Waals surface area contributed by atoms with Crippen LogP contribution in [0, 0.1) is 0 Å². The minimum absolute atomic E-state index is 0.0165. The first-order valence-corrected chi connectivity index (χ1v) is 9.41. The van der Waals surface area contributed by atoms with Crippen LogP contribution in [0.15, 0.2) is 78.9 Å². The Bertz CT molecular complexity index is 920. The molecule has 1 amide bonds. The fourth-order valence-electron chi connectivity index (χ4n) is 3.63. The number of nitrogens with one attached hydrogen (secondary N) is 1. The summed E-state index contributed by atoms with van der Waals surface area (Å²) in [5.41, 5.74) is 5.63. The van der Waals surface area contributed by atoms with Gasteiger partial charge in [-0.2, -0.15) is 0 Å². The topological polar surface area (TPSA) is 38.3 Å². The highest BCUT2D eigenvalue weighted by molar-refractivity contribution is 5.92. The van der Waals surface area contributed by atoms with Crippen molar-refractivity contribution >= 4 is 11.6 Å². The Morgan fingerprint density at radius 3 is 2.56 bits per heavy atom. The van der Waals surface area contributed by atoms with E-state index in [-0.39, 0.29) is 12.0 Å². The molecule has 1 N–H and O–H groups in total. The Morgan fingerprint density at radius 2 is 1.67 bits per heavy atom. The van der Waals surface area contributed by atoms with E-state index in [1.54, 1.807) is 0 Å². The van der Waals surface area contributed by atoms with E-state index in [1.165, 1.54) is 11.1 Å². The van der Waals surface area contributed by atoms with Gasteiger partial charge in [-0.05, 0) is 41.2 Å². The molecule has 1 heterocycles. The predicted molar refractivity (Wildman–Crippen MR) is 108 cm³/mol. The van der Waals surface area contributed by atoms with E-state index in [0.717, 1.165) is 29.7 Å². The molecule has 4 rings (SSSR count). The zero-order valence-corrected chi connectivity index (χ0v) is 15.2. The maximum Gasteiger partial charge on any atom is 0.227 e. The number of anilines is 1. The van der Waals surface area contributed by atoms with Crippen molar-refractivity contribution in [2.75, 3.05) is 11.9 Å². The maximum absolute atomic E-state index is 12.7. The van der Waals surface area contributed by atoms with Crippen LogP contribution >= 0.6 is 0 Å². The molecule has 3 heteroatoms. The highest BCUT2D eigenvalue weighted by Gasteiger charge is 2.23. The second kappa shape index (κ2) is 8.19. The summed E-state index contributed by atoms with van der Waals surface area (Å²) in [6, 6.07) is 26.5. The summed E-state index contributed by atoms with van der Waals surface area (Å²) in [7, 11) is 0. The number of amides is 1. The Hall–Kier alpha value is -2.91. The van der Waals surface area contributed by atoms with E-state index in [4.69, 9.17) is 4.74 Å². The van der Waals surface area contributed by atoms with Crippen LogP contribution < -0.4 is 5.32 Å². The second-order valence-corrected chi connectivity index (χ2v) is 6.88. The Kier molecular flexibility index (Phi) is 5.31. The van der Waals surface area contributed by atoms with Crippen LogP contribution in [0.5, 0.6) is 0 Å². The molecule has 1 aliphatic rings. The number of benzene rings is 3. The van der Waals surface area contributed by atoms with Crippen molar-refractivity contribution in [2.45, 2.75) is 25.4 Å². The van der Waals surface area contributed by atoms with Crippen LogP contribution in [0.3, 0.4) is 0 Å². The molecule has 0 saturated heterocycles. The van der Waals surface area contributed by atoms with Crippen molar-refractivity contribution in [1.82, 2.24) is 0 Å². The molecule has 1 unspecified atom stereocenters. The SMILES string of the molecule is O=C(CC1OCCc2ccccc21)Nc1ccccc1Cc1ccccc1. The molecule has 0 saturated carbocycles. The Labute approximate surface area is 160 Å². The molecule has 0 radical (unpaired) electrons. The summed E-state index contributed by atoms with van der Waals surface area (Å²) in [6.45, 7) is 0.666. The van der Waals surface area contributed by atoms with Crippen molar-refractivity contribution in [3.63, 3.8) is 0 Å². The molecule has 0 fully saturated rings. The van der Waals surface area contributed by atoms with Crippen molar-refractivity contribution in [1.29, 1.82) is 0 Å². The van der Waals surface area contributed by atoms with Gasteiger partial charge in [-0.1, -0.05) is 72.8 Å². The number of carbonyl (C=O) groups is 1. The highest BCUT2D eigenvalue weighted by Crippen LogP contribution is 2.30. The van der Waals surface area contributed by atoms with E-state index >= 15 is 0 Å². The van der Waals surface area contributed by atoms with E-state index in [2.05, 4.69) is 35.6 Å². The summed E-state index contributed by atoms with van der Waals surface area (Å²) < 4.78 is 5.88. The minimum Gasteiger partial charge on any atom is -0.373 e. The van der Waals surface area contributed by atoms with Gasteiger partial charge < -0.3 is 10.1 Å². The van der Waals surface area contributed by atoms with Crippen LogP contribution in [0.4, 0.5) is 5.69 Å². The summed E-state index contributed by atoms with van der Waals surface area (Å²) in [4.78, 5) is 12.7. The average Bonchev–Trinajstić information content (AvgIpc) is 2.71. The third kappa shape index (κ3) is 4.26. The van der Waals surface area contributed by atoms with Gasteiger partial charge in [0, 0.05) is 5.69 Å². The van der Waals surface area contributed by atoms with Crippen molar-refractivity contribution in [3.05, 3.63) is 101 Å². The van der Waals surface area contributed by atoms with Gasteiger partial charge in [0.25, 0.3) is 0 Å². The van der Waals surface area contributed by atoms with Crippen LogP contribution in [0.1, 0.15) is 34.8 Å². The smallest absolute Gasteiger partial charge is 0.227 e. The monoisotopic (exact) mass is 357 g/mol. The number of fused-ring (bicyclic) bond motifs is 1. The predicted octanol–water partition coefficient (Wildman–Crippen LogP) is 4.92. The zero-order valence-electron chi connectivity index (χ0n) is 15.2. The van der Waals surface area contributed by atoms with Gasteiger partial charge in [0.2, 0.25) is 5.91 Å². The van der Waals surface area contributed by atoms with Crippen molar-refractivity contribution in [3.8, 4) is 0 Å². The van der Waals surface area contributed by atoms with Crippen molar-refractivity contribution < 1.29 is 9.53 Å². The van der Waals surface area contributed by atoms with Crippen LogP contribution in [-0.4, -0.2) is 12.5 Å². The van der Waals surface area contributed by atoms with E-state index < -0.39 is 0 Å². The molecule has 0 aliphatic carbocycles. The standard InChI is InChI=1S/C24H23NO2/c26-24(17-23-21-12-6-4-10-19(21)14-15-27-23)25-22-13-7-5-11-20(22)16-18-8-2-1-3-9-18/h1-13,23H,14-17H2,(H,25,26). The molecule has 1 aliphatic heterocycles. The number of para-hydroxylation sites is 1. The quantitative estimate of drug-likeness (QED) is 0.704. The van der Waals surface area contributed by atoms with E-state index in [0.29, 0.717) is 13.0 Å². The van der Waals surface area contributed by atoms with Gasteiger partial charge >= 0.3 is 0 Å². The molecule has 3 nitrogen and oxygen atoms in total. The molecule has 0 spiro atoms. The van der Waals surface area contributed by atoms with Crippen LogP contribution in [0.2, 0.25) is 0 Å². The lowest BCUT2D eigenvalue weighted by Crippen LogP contribution is -2.22. The number of ether oxygens (including phenoxy) is 1. The Balaban J connectivity index is 1.46. The molecule has 0 bridgehead atoms. The molecule has 3 aromatic carbocycles. The average molecular weight is 357 g/mol. The summed E-state index contributed by atoms with van der Waals surface area (Å²) in [6.07, 6.45) is 1.86.